The molecule has 8 heteroatoms. The number of alkyl halides is 2. The Morgan fingerprint density at radius 3 is 2.65 bits per heavy atom. The number of carbonyl (C=O) groups is 1. The zero-order chi connectivity index (χ0) is 24.2. The van der Waals surface area contributed by atoms with Gasteiger partial charge in [-0.2, -0.15) is 9.78 Å². The fraction of sp³-hybridized carbons (Fsp3) is 0.231. The Morgan fingerprint density at radius 1 is 1.06 bits per heavy atom. The van der Waals surface area contributed by atoms with Crippen LogP contribution in [-0.4, -0.2) is 25.5 Å². The van der Waals surface area contributed by atoms with E-state index in [4.69, 9.17) is 0 Å². The maximum atomic E-state index is 13.0. The summed E-state index contributed by atoms with van der Waals surface area (Å²) in [5.74, 6) is 1.17. The predicted octanol–water partition coefficient (Wildman–Crippen LogP) is 5.95. The van der Waals surface area contributed by atoms with Crippen molar-refractivity contribution < 1.29 is 13.6 Å². The molecular weight excluding hydrogens is 436 g/mol. The number of aromatic nitrogens is 4. The average Bonchev–Trinajstić information content (AvgIpc) is 3.21. The van der Waals surface area contributed by atoms with Crippen LogP contribution < -0.4 is 5.32 Å². The summed E-state index contributed by atoms with van der Waals surface area (Å²) in [6.07, 6.45) is -0.200. The minimum absolute atomic E-state index is 0.103. The first-order valence-corrected chi connectivity index (χ1v) is 11.0. The lowest BCUT2D eigenvalue weighted by Gasteiger charge is -2.13. The highest BCUT2D eigenvalue weighted by molar-refractivity contribution is 5.97. The van der Waals surface area contributed by atoms with E-state index in [9.17, 15) is 13.6 Å². The van der Waals surface area contributed by atoms with Crippen molar-refractivity contribution in [3.05, 3.63) is 94.6 Å². The van der Waals surface area contributed by atoms with E-state index in [-0.39, 0.29) is 23.3 Å². The van der Waals surface area contributed by atoms with Crippen molar-refractivity contribution >= 4 is 17.3 Å². The van der Waals surface area contributed by atoms with E-state index >= 15 is 0 Å². The summed E-state index contributed by atoms with van der Waals surface area (Å²) in [4.78, 5) is 21.4. The molecule has 0 atom stereocenters. The van der Waals surface area contributed by atoms with E-state index in [2.05, 4.69) is 20.4 Å². The highest BCUT2D eigenvalue weighted by Crippen LogP contribution is 2.26. The summed E-state index contributed by atoms with van der Waals surface area (Å²) < 4.78 is 27.7. The normalized spacial score (nSPS) is 11.1. The molecule has 34 heavy (non-hydrogen) atoms. The lowest BCUT2D eigenvalue weighted by molar-refractivity contribution is 0.0992. The molecule has 2 heterocycles. The van der Waals surface area contributed by atoms with E-state index in [0.717, 1.165) is 40.4 Å². The van der Waals surface area contributed by atoms with Crippen LogP contribution in [0.3, 0.4) is 0 Å². The van der Waals surface area contributed by atoms with E-state index in [1.54, 1.807) is 10.7 Å². The van der Waals surface area contributed by atoms with Gasteiger partial charge in [-0.05, 0) is 43.5 Å². The predicted molar refractivity (Wildman–Crippen MR) is 127 cm³/mol. The van der Waals surface area contributed by atoms with Crippen LogP contribution in [0.1, 0.15) is 51.8 Å². The Kier molecular flexibility index (Phi) is 6.77. The molecule has 0 saturated heterocycles. The molecule has 2 aromatic carbocycles. The summed E-state index contributed by atoms with van der Waals surface area (Å²) in [5.41, 5.74) is 4.43. The van der Waals surface area contributed by atoms with Gasteiger partial charge in [0.25, 0.3) is 6.43 Å². The molecule has 0 radical (unpaired) electrons. The van der Waals surface area contributed by atoms with Crippen molar-refractivity contribution in [2.45, 2.75) is 40.0 Å². The molecule has 0 unspecified atom stereocenters. The molecule has 4 aromatic rings. The summed E-state index contributed by atoms with van der Waals surface area (Å²) in [5, 5.41) is 7.97. The second kappa shape index (κ2) is 9.91. The van der Waals surface area contributed by atoms with E-state index < -0.39 is 6.43 Å². The van der Waals surface area contributed by atoms with Crippen LogP contribution in [0.15, 0.2) is 60.9 Å². The molecule has 0 spiro atoms. The van der Waals surface area contributed by atoms with Crippen molar-refractivity contribution in [2.75, 3.05) is 5.32 Å². The molecule has 0 bridgehead atoms. The number of Topliss-reactive ketones (excluding diaryl/α,β-unsaturated/α-hetero) is 1. The summed E-state index contributed by atoms with van der Waals surface area (Å²) in [7, 11) is 0. The fourth-order valence-electron chi connectivity index (χ4n) is 3.65. The molecule has 0 amide bonds. The van der Waals surface area contributed by atoms with Gasteiger partial charge in [0.2, 0.25) is 0 Å². The first-order chi connectivity index (χ1) is 16.3. The number of nitrogens with zero attached hydrogens (tertiary/aromatic N) is 4. The van der Waals surface area contributed by atoms with Crippen LogP contribution in [0.25, 0.3) is 5.82 Å². The monoisotopic (exact) mass is 461 g/mol. The fourth-order valence-corrected chi connectivity index (χ4v) is 3.65. The number of anilines is 2. The smallest absolute Gasteiger partial charge is 0.263 e. The molecule has 0 fully saturated rings. The van der Waals surface area contributed by atoms with Gasteiger partial charge in [-0.1, -0.05) is 37.3 Å². The number of rotatable bonds is 8. The number of aryl methyl sites for hydroxylation is 3. The van der Waals surface area contributed by atoms with E-state index in [1.165, 1.54) is 24.5 Å². The van der Waals surface area contributed by atoms with Crippen LogP contribution in [0, 0.1) is 13.8 Å². The molecule has 1 N–H and O–H groups in total. The van der Waals surface area contributed by atoms with Crippen molar-refractivity contribution in [2.24, 2.45) is 0 Å². The van der Waals surface area contributed by atoms with Crippen LogP contribution >= 0.6 is 0 Å². The SMILES string of the molecule is CCc1cc(-n2nc(C)cc2Nc2cc(CC(=O)c3cccc(C(F)F)c3)ccc2C)ncn1. The topological polar surface area (TPSA) is 72.7 Å². The van der Waals surface area contributed by atoms with Gasteiger partial charge in [0.1, 0.15) is 12.1 Å². The van der Waals surface area contributed by atoms with Gasteiger partial charge < -0.3 is 5.32 Å². The number of ketones is 1. The lowest BCUT2D eigenvalue weighted by atomic mass is 10.00. The van der Waals surface area contributed by atoms with Gasteiger partial charge >= 0.3 is 0 Å². The van der Waals surface area contributed by atoms with Crippen LogP contribution in [0.5, 0.6) is 0 Å². The zero-order valence-electron chi connectivity index (χ0n) is 19.2. The van der Waals surface area contributed by atoms with Crippen molar-refractivity contribution in [1.29, 1.82) is 0 Å². The first-order valence-electron chi connectivity index (χ1n) is 11.0. The molecule has 6 nitrogen and oxygen atoms in total. The minimum atomic E-state index is -2.61. The molecule has 2 aromatic heterocycles. The molecule has 174 valence electrons. The number of hydrogen-bond acceptors (Lipinski definition) is 5. The summed E-state index contributed by atoms with van der Waals surface area (Å²) >= 11 is 0. The number of nitrogens with one attached hydrogen (secondary N) is 1. The van der Waals surface area contributed by atoms with E-state index in [0.29, 0.717) is 5.82 Å². The van der Waals surface area contributed by atoms with Gasteiger partial charge in [-0.15, -0.1) is 0 Å². The second-order valence-electron chi connectivity index (χ2n) is 8.10. The number of hydrogen-bond donors (Lipinski definition) is 1. The van der Waals surface area contributed by atoms with Crippen molar-refractivity contribution in [3.8, 4) is 5.82 Å². The molecule has 0 aliphatic carbocycles. The molecule has 4 rings (SSSR count). The third-order valence-electron chi connectivity index (χ3n) is 5.51. The third kappa shape index (κ3) is 5.17. The quantitative estimate of drug-likeness (QED) is 0.328. The van der Waals surface area contributed by atoms with Gasteiger partial charge in [0.05, 0.1) is 5.69 Å². The highest BCUT2D eigenvalue weighted by atomic mass is 19.3. The standard InChI is InChI=1S/C26H25F2N5O/c1-4-21-14-24(30-15-29-21)33-25(10-17(3)32-33)31-22-11-18(9-8-16(22)2)12-23(34)19-6-5-7-20(13-19)26(27)28/h5-11,13-15,26,31H,4,12H2,1-3H3. The van der Waals surface area contributed by atoms with Gasteiger partial charge in [-0.25, -0.2) is 18.7 Å². The first kappa shape index (κ1) is 23.2. The van der Waals surface area contributed by atoms with Crippen LogP contribution in [-0.2, 0) is 12.8 Å². The van der Waals surface area contributed by atoms with Gasteiger partial charge in [0, 0.05) is 41.1 Å². The third-order valence-corrected chi connectivity index (χ3v) is 5.51. The Hall–Kier alpha value is -3.94. The van der Waals surface area contributed by atoms with Crippen LogP contribution in [0.2, 0.25) is 0 Å². The van der Waals surface area contributed by atoms with Gasteiger partial charge in [0.15, 0.2) is 11.6 Å². The number of halogens is 2. The van der Waals surface area contributed by atoms with Gasteiger partial charge in [-0.3, -0.25) is 4.79 Å². The summed E-state index contributed by atoms with van der Waals surface area (Å²) in [6, 6.07) is 15.1. The molecule has 0 saturated carbocycles. The highest BCUT2D eigenvalue weighted by Gasteiger charge is 2.14. The minimum Gasteiger partial charge on any atom is -0.340 e. The number of benzene rings is 2. The maximum absolute atomic E-state index is 13.0. The maximum Gasteiger partial charge on any atom is 0.263 e. The van der Waals surface area contributed by atoms with E-state index in [1.807, 2.05) is 51.1 Å². The largest absolute Gasteiger partial charge is 0.340 e. The second-order valence-corrected chi connectivity index (χ2v) is 8.10. The Bertz CT molecular complexity index is 1330. The lowest BCUT2D eigenvalue weighted by Crippen LogP contribution is -2.08. The molecular formula is C26H25F2N5O. The molecule has 0 aliphatic heterocycles. The van der Waals surface area contributed by atoms with Crippen molar-refractivity contribution in [3.63, 3.8) is 0 Å². The Balaban J connectivity index is 1.59. The average molecular weight is 462 g/mol. The molecule has 0 aliphatic rings. The zero-order valence-corrected chi connectivity index (χ0v) is 19.2. The van der Waals surface area contributed by atoms with Crippen molar-refractivity contribution in [1.82, 2.24) is 19.7 Å². The Labute approximate surface area is 196 Å². The van der Waals surface area contributed by atoms with Crippen LogP contribution in [0.4, 0.5) is 20.3 Å². The summed E-state index contributed by atoms with van der Waals surface area (Å²) in [6.45, 7) is 5.89. The number of carbonyl (C=O) groups excluding carboxylic acids is 1. The Morgan fingerprint density at radius 2 is 1.88 bits per heavy atom.